The van der Waals surface area contributed by atoms with Crippen molar-refractivity contribution < 1.29 is 19.4 Å². The predicted octanol–water partition coefficient (Wildman–Crippen LogP) is 2.69. The average molecular weight is 483 g/mol. The SMILES string of the molecule is Cc1ccc(Nc2nc(N[C@H]3CC[C@H](O)CC3)cnc2C(N)=O)cc1N1CCC2(CC1)OCCO2. The molecule has 3 aliphatic rings. The van der Waals surface area contributed by atoms with Gasteiger partial charge in [-0.3, -0.25) is 4.79 Å². The van der Waals surface area contributed by atoms with E-state index in [1.54, 1.807) is 0 Å². The second-order valence-electron chi connectivity index (χ2n) is 9.69. The highest BCUT2D eigenvalue weighted by molar-refractivity contribution is 5.96. The standard InChI is InChI=1S/C25H34N6O4/c1-16-2-3-18(14-20(16)31-10-8-25(9-11-31)34-12-13-35-25)29-24-22(23(26)33)27-15-21(30-24)28-17-4-6-19(32)7-5-17/h2-3,14-15,17,19,32H,4-13H2,1H3,(H2,26,33)(H2,28,29,30)/t17-,19-. The fourth-order valence-corrected chi connectivity index (χ4v) is 5.19. The van der Waals surface area contributed by atoms with Gasteiger partial charge in [0, 0.05) is 43.3 Å². The number of nitrogens with one attached hydrogen (secondary N) is 2. The molecular formula is C25H34N6O4. The number of benzene rings is 1. The summed E-state index contributed by atoms with van der Waals surface area (Å²) in [4.78, 5) is 23.3. The van der Waals surface area contributed by atoms with E-state index in [4.69, 9.17) is 15.2 Å². The summed E-state index contributed by atoms with van der Waals surface area (Å²) < 4.78 is 11.7. The third-order valence-corrected chi connectivity index (χ3v) is 7.21. The van der Waals surface area contributed by atoms with E-state index >= 15 is 0 Å². The van der Waals surface area contributed by atoms with Gasteiger partial charge in [-0.2, -0.15) is 0 Å². The molecule has 1 aliphatic carbocycles. The zero-order valence-electron chi connectivity index (χ0n) is 20.1. The van der Waals surface area contributed by atoms with Gasteiger partial charge in [0.1, 0.15) is 5.82 Å². The maximum absolute atomic E-state index is 12.0. The monoisotopic (exact) mass is 482 g/mol. The van der Waals surface area contributed by atoms with E-state index in [0.717, 1.165) is 68.6 Å². The van der Waals surface area contributed by atoms with Crippen LogP contribution in [0.4, 0.5) is 23.0 Å². The third kappa shape index (κ3) is 5.34. The molecule has 2 aromatic rings. The van der Waals surface area contributed by atoms with Crippen molar-refractivity contribution in [2.24, 2.45) is 5.73 Å². The van der Waals surface area contributed by atoms with Crippen molar-refractivity contribution in [3.8, 4) is 0 Å². The van der Waals surface area contributed by atoms with Crippen molar-refractivity contribution in [3.63, 3.8) is 0 Å². The molecule has 1 amide bonds. The number of carbonyl (C=O) groups excluding carboxylic acids is 1. The number of aliphatic hydroxyl groups excluding tert-OH is 1. The Kier molecular flexibility index (Phi) is 6.77. The van der Waals surface area contributed by atoms with Gasteiger partial charge in [-0.15, -0.1) is 0 Å². The highest BCUT2D eigenvalue weighted by Gasteiger charge is 2.40. The molecule has 0 radical (unpaired) electrons. The Morgan fingerprint density at radius 2 is 1.89 bits per heavy atom. The molecule has 35 heavy (non-hydrogen) atoms. The normalized spacial score (nSPS) is 23.9. The van der Waals surface area contributed by atoms with E-state index in [1.165, 1.54) is 6.20 Å². The van der Waals surface area contributed by atoms with Gasteiger partial charge in [0.15, 0.2) is 17.3 Å². The van der Waals surface area contributed by atoms with Crippen LogP contribution in [0.25, 0.3) is 0 Å². The van der Waals surface area contributed by atoms with Crippen molar-refractivity contribution in [1.29, 1.82) is 0 Å². The largest absolute Gasteiger partial charge is 0.393 e. The zero-order valence-corrected chi connectivity index (χ0v) is 20.1. The molecule has 5 N–H and O–H groups in total. The molecule has 1 saturated carbocycles. The summed E-state index contributed by atoms with van der Waals surface area (Å²) in [5.41, 5.74) is 8.75. The van der Waals surface area contributed by atoms with Gasteiger partial charge in [0.25, 0.3) is 5.91 Å². The summed E-state index contributed by atoms with van der Waals surface area (Å²) in [5, 5.41) is 16.4. The zero-order chi connectivity index (χ0) is 24.4. The summed E-state index contributed by atoms with van der Waals surface area (Å²) in [6.45, 7) is 5.10. The number of rotatable bonds is 6. The molecule has 10 heteroatoms. The van der Waals surface area contributed by atoms with E-state index in [9.17, 15) is 9.90 Å². The smallest absolute Gasteiger partial charge is 0.271 e. The van der Waals surface area contributed by atoms with E-state index in [2.05, 4.69) is 44.6 Å². The van der Waals surface area contributed by atoms with Crippen molar-refractivity contribution in [1.82, 2.24) is 9.97 Å². The molecule has 5 rings (SSSR count). The van der Waals surface area contributed by atoms with Crippen molar-refractivity contribution >= 4 is 28.9 Å². The number of amides is 1. The van der Waals surface area contributed by atoms with Crippen LogP contribution in [0, 0.1) is 6.92 Å². The lowest BCUT2D eigenvalue weighted by Gasteiger charge is -2.39. The van der Waals surface area contributed by atoms with E-state index in [0.29, 0.717) is 24.8 Å². The summed E-state index contributed by atoms with van der Waals surface area (Å²) in [6.07, 6.45) is 6.20. The molecule has 3 fully saturated rings. The Bertz CT molecular complexity index is 1060. The number of aliphatic hydroxyl groups is 1. The van der Waals surface area contributed by atoms with E-state index < -0.39 is 11.7 Å². The average Bonchev–Trinajstić information content (AvgIpc) is 3.30. The Morgan fingerprint density at radius 3 is 2.57 bits per heavy atom. The predicted molar refractivity (Wildman–Crippen MR) is 133 cm³/mol. The third-order valence-electron chi connectivity index (χ3n) is 7.21. The second-order valence-corrected chi connectivity index (χ2v) is 9.69. The Hall–Kier alpha value is -2.95. The number of carbonyl (C=O) groups is 1. The van der Waals surface area contributed by atoms with E-state index in [-0.39, 0.29) is 17.8 Å². The maximum atomic E-state index is 12.0. The molecule has 0 atom stereocenters. The van der Waals surface area contributed by atoms with Crippen LogP contribution < -0.4 is 21.3 Å². The van der Waals surface area contributed by atoms with Crippen molar-refractivity contribution in [2.75, 3.05) is 41.8 Å². The Labute approximate surface area is 205 Å². The molecule has 0 unspecified atom stereocenters. The fraction of sp³-hybridized carbons (Fsp3) is 0.560. The first-order chi connectivity index (χ1) is 16.9. The van der Waals surface area contributed by atoms with Crippen LogP contribution in [0.1, 0.15) is 54.6 Å². The summed E-state index contributed by atoms with van der Waals surface area (Å²) in [6, 6.07) is 6.29. The maximum Gasteiger partial charge on any atom is 0.271 e. The summed E-state index contributed by atoms with van der Waals surface area (Å²) in [7, 11) is 0. The number of aromatic nitrogens is 2. The molecule has 1 aromatic carbocycles. The second kappa shape index (κ2) is 9.96. The lowest BCUT2D eigenvalue weighted by molar-refractivity contribution is -0.169. The van der Waals surface area contributed by atoms with E-state index in [1.807, 2.05) is 6.07 Å². The molecule has 0 bridgehead atoms. The van der Waals surface area contributed by atoms with Gasteiger partial charge in [-0.05, 0) is 50.3 Å². The number of aryl methyl sites for hydroxylation is 1. The van der Waals surface area contributed by atoms with Crippen LogP contribution >= 0.6 is 0 Å². The molecule has 188 valence electrons. The van der Waals surface area contributed by atoms with Crippen LogP contribution in [-0.2, 0) is 9.47 Å². The number of anilines is 4. The summed E-state index contributed by atoms with van der Waals surface area (Å²) >= 11 is 0. The van der Waals surface area contributed by atoms with Gasteiger partial charge in [0.2, 0.25) is 0 Å². The van der Waals surface area contributed by atoms with Crippen LogP contribution in [0.5, 0.6) is 0 Å². The topological polar surface area (TPSA) is 135 Å². The molecule has 2 aliphatic heterocycles. The molecule has 1 spiro atoms. The lowest BCUT2D eigenvalue weighted by Crippen LogP contribution is -2.45. The van der Waals surface area contributed by atoms with Gasteiger partial charge in [-0.1, -0.05) is 6.07 Å². The molecule has 10 nitrogen and oxygen atoms in total. The Morgan fingerprint density at radius 1 is 1.17 bits per heavy atom. The number of piperidine rings is 1. The van der Waals surface area contributed by atoms with Gasteiger partial charge in [-0.25, -0.2) is 9.97 Å². The summed E-state index contributed by atoms with van der Waals surface area (Å²) in [5.74, 6) is -0.170. The van der Waals surface area contributed by atoms with Gasteiger partial charge in [0.05, 0.1) is 25.5 Å². The molecule has 2 saturated heterocycles. The van der Waals surface area contributed by atoms with Crippen molar-refractivity contribution in [3.05, 3.63) is 35.7 Å². The number of nitrogens with two attached hydrogens (primary N) is 1. The number of nitrogens with zero attached hydrogens (tertiary/aromatic N) is 3. The number of hydrogen-bond acceptors (Lipinski definition) is 9. The molecule has 1 aromatic heterocycles. The van der Waals surface area contributed by atoms with Crippen LogP contribution in [0.2, 0.25) is 0 Å². The quantitative estimate of drug-likeness (QED) is 0.490. The number of hydrogen-bond donors (Lipinski definition) is 4. The minimum Gasteiger partial charge on any atom is -0.393 e. The fourth-order valence-electron chi connectivity index (χ4n) is 5.19. The highest BCUT2D eigenvalue weighted by Crippen LogP contribution is 2.35. The number of ether oxygens (including phenoxy) is 2. The van der Waals surface area contributed by atoms with Gasteiger partial charge >= 0.3 is 0 Å². The van der Waals surface area contributed by atoms with Crippen LogP contribution in [0.15, 0.2) is 24.4 Å². The van der Waals surface area contributed by atoms with Crippen LogP contribution in [-0.4, -0.2) is 65.2 Å². The Balaban J connectivity index is 1.33. The first-order valence-electron chi connectivity index (χ1n) is 12.4. The van der Waals surface area contributed by atoms with Gasteiger partial charge < -0.3 is 35.8 Å². The van der Waals surface area contributed by atoms with Crippen molar-refractivity contribution in [2.45, 2.75) is 63.4 Å². The van der Waals surface area contributed by atoms with Crippen LogP contribution in [0.3, 0.4) is 0 Å². The minimum atomic E-state index is -0.641. The number of primary amides is 1. The highest BCUT2D eigenvalue weighted by atomic mass is 16.7. The molecule has 3 heterocycles. The minimum absolute atomic E-state index is 0.0900. The first kappa shape index (κ1) is 23.8. The lowest BCUT2D eigenvalue weighted by atomic mass is 9.93. The molecular weight excluding hydrogens is 448 g/mol. The first-order valence-corrected chi connectivity index (χ1v) is 12.4.